The number of nitrogens with one attached hydrogen (secondary N) is 3. The number of benzene rings is 1. The molecule has 0 unspecified atom stereocenters. The average molecular weight is 321 g/mol. The zero-order valence-electron chi connectivity index (χ0n) is 14.7. The van der Waals surface area contributed by atoms with Gasteiger partial charge in [-0.25, -0.2) is 0 Å². The maximum absolute atomic E-state index is 11.9. The molecule has 0 aliphatic carbocycles. The fourth-order valence-corrected chi connectivity index (χ4v) is 3.10. The van der Waals surface area contributed by atoms with E-state index in [2.05, 4.69) is 43.6 Å². The first kappa shape index (κ1) is 17.9. The van der Waals surface area contributed by atoms with Crippen LogP contribution in [0, 0.1) is 6.92 Å². The Morgan fingerprint density at radius 2 is 1.87 bits per heavy atom. The molecule has 5 nitrogen and oxygen atoms in total. The Balaban J connectivity index is 2.02. The van der Waals surface area contributed by atoms with E-state index < -0.39 is 0 Å². The van der Waals surface area contributed by atoms with Crippen molar-refractivity contribution in [2.75, 3.05) is 53.0 Å². The average Bonchev–Trinajstić information content (AvgIpc) is 2.56. The summed E-state index contributed by atoms with van der Waals surface area (Å²) in [5.41, 5.74) is 2.58. The zero-order chi connectivity index (χ0) is 16.7. The summed E-state index contributed by atoms with van der Waals surface area (Å²) >= 11 is 0. The standard InChI is InChI=1S/C18H29N3O2/c1-4-23-14-18(22)19-13-17(16-7-5-15(2)6-8-16)21-11-9-20(3)10-12-21/h5-8,17H,4,9-14H2,1-3H3,(H,19,22)/p+2/t17-/m1/s1. The van der Waals surface area contributed by atoms with E-state index in [4.69, 9.17) is 4.74 Å². The molecule has 0 spiro atoms. The summed E-state index contributed by atoms with van der Waals surface area (Å²) in [6, 6.07) is 9.03. The van der Waals surface area contributed by atoms with Crippen molar-refractivity contribution < 1.29 is 19.3 Å². The molecule has 1 amide bonds. The van der Waals surface area contributed by atoms with Crippen molar-refractivity contribution in [2.24, 2.45) is 0 Å². The Morgan fingerprint density at radius 1 is 1.22 bits per heavy atom. The first-order valence-corrected chi connectivity index (χ1v) is 8.67. The van der Waals surface area contributed by atoms with E-state index >= 15 is 0 Å². The quantitative estimate of drug-likeness (QED) is 0.579. The number of aryl methyl sites for hydroxylation is 1. The maximum atomic E-state index is 11.9. The van der Waals surface area contributed by atoms with E-state index in [0.717, 1.165) is 13.1 Å². The van der Waals surface area contributed by atoms with Crippen LogP contribution in [0.15, 0.2) is 24.3 Å². The normalized spacial score (nSPS) is 22.6. The van der Waals surface area contributed by atoms with E-state index in [-0.39, 0.29) is 12.5 Å². The van der Waals surface area contributed by atoms with Gasteiger partial charge in [-0.1, -0.05) is 29.8 Å². The maximum Gasteiger partial charge on any atom is 0.246 e. The highest BCUT2D eigenvalue weighted by atomic mass is 16.5. The van der Waals surface area contributed by atoms with Gasteiger partial charge >= 0.3 is 0 Å². The van der Waals surface area contributed by atoms with Gasteiger partial charge in [0.15, 0.2) is 0 Å². The van der Waals surface area contributed by atoms with Crippen LogP contribution in [0.4, 0.5) is 0 Å². The number of quaternary nitrogens is 2. The minimum absolute atomic E-state index is 0.0249. The number of likely N-dealkylation sites (N-methyl/N-ethyl adjacent to an activating group) is 1. The minimum atomic E-state index is -0.0249. The van der Waals surface area contributed by atoms with Crippen LogP contribution in [0.1, 0.15) is 24.1 Å². The summed E-state index contributed by atoms with van der Waals surface area (Å²) in [7, 11) is 2.25. The van der Waals surface area contributed by atoms with Gasteiger partial charge in [0.2, 0.25) is 5.91 Å². The Hall–Kier alpha value is -1.43. The van der Waals surface area contributed by atoms with Gasteiger partial charge in [-0.2, -0.15) is 0 Å². The Bertz CT molecular complexity index is 482. The number of rotatable bonds is 7. The van der Waals surface area contributed by atoms with Gasteiger partial charge in [0, 0.05) is 12.2 Å². The second kappa shape index (κ2) is 9.01. The van der Waals surface area contributed by atoms with Gasteiger partial charge in [0.05, 0.1) is 13.6 Å². The van der Waals surface area contributed by atoms with E-state index in [1.165, 1.54) is 24.2 Å². The Labute approximate surface area is 139 Å². The molecule has 1 aliphatic heterocycles. The number of hydrogen-bond donors (Lipinski definition) is 3. The molecule has 1 heterocycles. The molecular formula is C18H31N3O2+2. The summed E-state index contributed by atoms with van der Waals surface area (Å²) in [6.07, 6.45) is 0. The smallest absolute Gasteiger partial charge is 0.246 e. The lowest BCUT2D eigenvalue weighted by molar-refractivity contribution is -1.02. The first-order chi connectivity index (χ1) is 11.1. The van der Waals surface area contributed by atoms with Crippen molar-refractivity contribution in [1.29, 1.82) is 0 Å². The van der Waals surface area contributed by atoms with Crippen molar-refractivity contribution in [3.8, 4) is 0 Å². The molecule has 5 heteroatoms. The van der Waals surface area contributed by atoms with E-state index in [0.29, 0.717) is 19.2 Å². The third-order valence-corrected chi connectivity index (χ3v) is 4.66. The van der Waals surface area contributed by atoms with Gasteiger partial charge in [-0.15, -0.1) is 0 Å². The molecule has 1 aromatic carbocycles. The fourth-order valence-electron chi connectivity index (χ4n) is 3.10. The molecular weight excluding hydrogens is 290 g/mol. The predicted molar refractivity (Wildman–Crippen MR) is 90.7 cm³/mol. The molecule has 1 atom stereocenters. The van der Waals surface area contributed by atoms with Crippen LogP contribution >= 0.6 is 0 Å². The van der Waals surface area contributed by atoms with Crippen LogP contribution in [0.25, 0.3) is 0 Å². The van der Waals surface area contributed by atoms with Gasteiger partial charge < -0.3 is 19.9 Å². The number of ether oxygens (including phenoxy) is 1. The molecule has 2 rings (SSSR count). The van der Waals surface area contributed by atoms with Gasteiger partial charge in [-0.05, 0) is 13.8 Å². The lowest BCUT2D eigenvalue weighted by atomic mass is 10.0. The lowest BCUT2D eigenvalue weighted by Gasteiger charge is -2.33. The minimum Gasteiger partial charge on any atom is -0.372 e. The number of piperazine rings is 1. The van der Waals surface area contributed by atoms with Crippen molar-refractivity contribution in [3.63, 3.8) is 0 Å². The second-order valence-electron chi connectivity index (χ2n) is 6.52. The van der Waals surface area contributed by atoms with Crippen LogP contribution < -0.4 is 15.1 Å². The molecule has 23 heavy (non-hydrogen) atoms. The molecule has 128 valence electrons. The monoisotopic (exact) mass is 321 g/mol. The molecule has 1 fully saturated rings. The first-order valence-electron chi connectivity index (χ1n) is 8.67. The van der Waals surface area contributed by atoms with Crippen molar-refractivity contribution in [2.45, 2.75) is 19.9 Å². The molecule has 1 aromatic rings. The largest absolute Gasteiger partial charge is 0.372 e. The molecule has 0 aromatic heterocycles. The highest BCUT2D eigenvalue weighted by Gasteiger charge is 2.29. The predicted octanol–water partition coefficient (Wildman–Crippen LogP) is -1.40. The number of amides is 1. The number of carbonyl (C=O) groups excluding carboxylic acids is 1. The van der Waals surface area contributed by atoms with Crippen LogP contribution in [-0.2, 0) is 9.53 Å². The zero-order valence-corrected chi connectivity index (χ0v) is 14.7. The summed E-state index contributed by atoms with van der Waals surface area (Å²) in [4.78, 5) is 15.0. The third kappa shape index (κ3) is 5.61. The summed E-state index contributed by atoms with van der Waals surface area (Å²) in [6.45, 7) is 10.1. The summed E-state index contributed by atoms with van der Waals surface area (Å²) < 4.78 is 5.19. The molecule has 1 saturated heterocycles. The third-order valence-electron chi connectivity index (χ3n) is 4.66. The summed E-state index contributed by atoms with van der Waals surface area (Å²) in [5, 5.41) is 3.05. The highest BCUT2D eigenvalue weighted by Crippen LogP contribution is 2.10. The van der Waals surface area contributed by atoms with Crippen LogP contribution in [-0.4, -0.2) is 58.9 Å². The topological polar surface area (TPSA) is 47.2 Å². The van der Waals surface area contributed by atoms with Gasteiger partial charge in [0.1, 0.15) is 38.8 Å². The van der Waals surface area contributed by atoms with Crippen LogP contribution in [0.5, 0.6) is 0 Å². The van der Waals surface area contributed by atoms with Crippen LogP contribution in [0.3, 0.4) is 0 Å². The van der Waals surface area contributed by atoms with Crippen molar-refractivity contribution in [3.05, 3.63) is 35.4 Å². The van der Waals surface area contributed by atoms with Crippen LogP contribution in [0.2, 0.25) is 0 Å². The van der Waals surface area contributed by atoms with Crippen molar-refractivity contribution >= 4 is 5.91 Å². The Morgan fingerprint density at radius 3 is 2.48 bits per heavy atom. The molecule has 0 radical (unpaired) electrons. The lowest BCUT2D eigenvalue weighted by Crippen LogP contribution is -3.27. The molecule has 0 bridgehead atoms. The Kier molecular flexibility index (Phi) is 7.02. The van der Waals surface area contributed by atoms with E-state index in [9.17, 15) is 4.79 Å². The van der Waals surface area contributed by atoms with Gasteiger partial charge in [0.25, 0.3) is 0 Å². The number of hydrogen-bond acceptors (Lipinski definition) is 2. The molecule has 1 aliphatic rings. The van der Waals surface area contributed by atoms with E-state index in [1.807, 2.05) is 6.92 Å². The highest BCUT2D eigenvalue weighted by molar-refractivity contribution is 5.77. The van der Waals surface area contributed by atoms with Crippen molar-refractivity contribution in [1.82, 2.24) is 5.32 Å². The SMILES string of the molecule is CCOCC(=O)NC[C@H](c1ccc(C)cc1)[NH+]1CC[NH+](C)CC1. The molecule has 0 saturated carbocycles. The number of carbonyl (C=O) groups is 1. The summed E-state index contributed by atoms with van der Waals surface area (Å²) in [5.74, 6) is -0.0249. The fraction of sp³-hybridized carbons (Fsp3) is 0.611. The van der Waals surface area contributed by atoms with E-state index in [1.54, 1.807) is 9.80 Å². The van der Waals surface area contributed by atoms with Gasteiger partial charge in [-0.3, -0.25) is 4.79 Å². The molecule has 3 N–H and O–H groups in total. The second-order valence-corrected chi connectivity index (χ2v) is 6.52.